The molecule has 2 atom stereocenters. The topological polar surface area (TPSA) is 72.2 Å². The third kappa shape index (κ3) is 11.7. The second-order valence-corrected chi connectivity index (χ2v) is 11.1. The normalized spacial score (nSPS) is 18.7. The summed E-state index contributed by atoms with van der Waals surface area (Å²) in [5.74, 6) is 1.69. The predicted molar refractivity (Wildman–Crippen MR) is 147 cm³/mol. The summed E-state index contributed by atoms with van der Waals surface area (Å²) in [4.78, 5) is 25.4. The maximum atomic E-state index is 13.0. The smallest absolute Gasteiger partial charge is 0.240 e. The molecule has 1 aliphatic rings. The van der Waals surface area contributed by atoms with E-state index in [-0.39, 0.29) is 5.91 Å². The molecule has 0 heterocycles. The van der Waals surface area contributed by atoms with E-state index in [1.807, 2.05) is 6.07 Å². The Balaban J connectivity index is 1.64. The monoisotopic (exact) mass is 484 g/mol. The van der Waals surface area contributed by atoms with Crippen LogP contribution in [0.2, 0.25) is 0 Å². The third-order valence-electron chi connectivity index (χ3n) is 8.01. The average molecular weight is 485 g/mol. The van der Waals surface area contributed by atoms with Crippen molar-refractivity contribution in [2.24, 2.45) is 17.6 Å². The van der Waals surface area contributed by atoms with Gasteiger partial charge in [-0.25, -0.2) is 0 Å². The van der Waals surface area contributed by atoms with Crippen LogP contribution < -0.4 is 11.1 Å². The first-order valence-corrected chi connectivity index (χ1v) is 14.6. The maximum Gasteiger partial charge on any atom is 0.240 e. The molecule has 0 aliphatic heterocycles. The van der Waals surface area contributed by atoms with Gasteiger partial charge < -0.3 is 11.1 Å². The molecule has 1 aromatic carbocycles. The van der Waals surface area contributed by atoms with Gasteiger partial charge in [-0.3, -0.25) is 9.59 Å². The van der Waals surface area contributed by atoms with Gasteiger partial charge >= 0.3 is 0 Å². The lowest BCUT2D eigenvalue weighted by Crippen LogP contribution is -2.54. The number of amides is 1. The van der Waals surface area contributed by atoms with Crippen molar-refractivity contribution in [1.82, 2.24) is 5.32 Å². The number of nitrogens with one attached hydrogen (secondary N) is 1. The van der Waals surface area contributed by atoms with Gasteiger partial charge in [0.2, 0.25) is 5.91 Å². The highest BCUT2D eigenvalue weighted by atomic mass is 16.2. The van der Waals surface area contributed by atoms with Gasteiger partial charge in [0.25, 0.3) is 0 Å². The SMILES string of the molecule is CCCCC(N)(CCCC)C(=O)NCC1CCCC(CCC(=O)CCCCc2ccccc2)CC1. The van der Waals surface area contributed by atoms with Crippen LogP contribution in [0.5, 0.6) is 0 Å². The highest BCUT2D eigenvalue weighted by Gasteiger charge is 2.33. The minimum atomic E-state index is -0.708. The van der Waals surface area contributed by atoms with Crippen molar-refractivity contribution in [2.75, 3.05) is 6.54 Å². The van der Waals surface area contributed by atoms with E-state index in [4.69, 9.17) is 5.73 Å². The molecule has 4 heteroatoms. The van der Waals surface area contributed by atoms with Crippen LogP contribution in [0.4, 0.5) is 0 Å². The summed E-state index contributed by atoms with van der Waals surface area (Å²) in [7, 11) is 0. The predicted octanol–water partition coefficient (Wildman–Crippen LogP) is 7.14. The molecule has 4 nitrogen and oxygen atoms in total. The Morgan fingerprint density at radius 3 is 2.23 bits per heavy atom. The molecule has 2 unspecified atom stereocenters. The Labute approximate surface area is 215 Å². The number of Topliss-reactive ketones (excluding diaryl/α,β-unsaturated/α-hetero) is 1. The molecule has 0 aromatic heterocycles. The summed E-state index contributed by atoms with van der Waals surface area (Å²) in [6, 6.07) is 10.5. The first-order valence-electron chi connectivity index (χ1n) is 14.6. The molecule has 1 amide bonds. The largest absolute Gasteiger partial charge is 0.354 e. The van der Waals surface area contributed by atoms with Crippen molar-refractivity contribution in [3.8, 4) is 0 Å². The van der Waals surface area contributed by atoms with Gasteiger partial charge in [-0.2, -0.15) is 0 Å². The minimum absolute atomic E-state index is 0.0538. The zero-order chi connectivity index (χ0) is 25.4. The Morgan fingerprint density at radius 1 is 0.886 bits per heavy atom. The summed E-state index contributed by atoms with van der Waals surface area (Å²) < 4.78 is 0. The first kappa shape index (κ1) is 29.5. The van der Waals surface area contributed by atoms with Crippen LogP contribution in [-0.2, 0) is 16.0 Å². The molecule has 0 spiro atoms. The van der Waals surface area contributed by atoms with Gasteiger partial charge in [-0.1, -0.05) is 89.1 Å². The average Bonchev–Trinajstić information content (AvgIpc) is 3.12. The molecular weight excluding hydrogens is 432 g/mol. The lowest BCUT2D eigenvalue weighted by molar-refractivity contribution is -0.127. The van der Waals surface area contributed by atoms with Crippen molar-refractivity contribution in [2.45, 2.75) is 129 Å². The van der Waals surface area contributed by atoms with Crippen molar-refractivity contribution < 1.29 is 9.59 Å². The molecule has 1 fully saturated rings. The van der Waals surface area contributed by atoms with E-state index in [1.54, 1.807) is 0 Å². The molecule has 1 aliphatic carbocycles. The molecule has 0 radical (unpaired) electrons. The zero-order valence-corrected chi connectivity index (χ0v) is 22.7. The number of carbonyl (C=O) groups excluding carboxylic acids is 2. The molecule has 1 aromatic rings. The molecule has 0 saturated heterocycles. The van der Waals surface area contributed by atoms with Crippen molar-refractivity contribution >= 4 is 11.7 Å². The molecule has 2 rings (SSSR count). The summed E-state index contributed by atoms with van der Waals surface area (Å²) in [6.45, 7) is 5.06. The van der Waals surface area contributed by atoms with Crippen LogP contribution in [0.3, 0.4) is 0 Å². The van der Waals surface area contributed by atoms with Gasteiger partial charge in [-0.15, -0.1) is 0 Å². The van der Waals surface area contributed by atoms with Gasteiger partial charge in [0.1, 0.15) is 5.78 Å². The van der Waals surface area contributed by atoms with E-state index in [1.165, 1.54) is 31.2 Å². The summed E-state index contributed by atoms with van der Waals surface area (Å²) >= 11 is 0. The molecule has 1 saturated carbocycles. The molecule has 0 bridgehead atoms. The number of aryl methyl sites for hydroxylation is 1. The van der Waals surface area contributed by atoms with E-state index >= 15 is 0 Å². The molecule has 3 N–H and O–H groups in total. The van der Waals surface area contributed by atoms with Crippen molar-refractivity contribution in [3.63, 3.8) is 0 Å². The number of nitrogens with two attached hydrogens (primary N) is 1. The zero-order valence-electron chi connectivity index (χ0n) is 22.7. The highest BCUT2D eigenvalue weighted by Crippen LogP contribution is 2.30. The van der Waals surface area contributed by atoms with E-state index < -0.39 is 5.54 Å². The Kier molecular flexibility index (Phi) is 14.3. The van der Waals surface area contributed by atoms with Gasteiger partial charge in [0.05, 0.1) is 5.54 Å². The van der Waals surface area contributed by atoms with Crippen LogP contribution in [0.25, 0.3) is 0 Å². The van der Waals surface area contributed by atoms with Crippen LogP contribution in [-0.4, -0.2) is 23.8 Å². The Hall–Kier alpha value is -1.68. The number of hydrogen-bond donors (Lipinski definition) is 2. The maximum absolute atomic E-state index is 13.0. The third-order valence-corrected chi connectivity index (χ3v) is 8.01. The van der Waals surface area contributed by atoms with Crippen molar-refractivity contribution in [1.29, 1.82) is 0 Å². The summed E-state index contributed by atoms with van der Waals surface area (Å²) in [5.41, 5.74) is 7.24. The molecule has 35 heavy (non-hydrogen) atoms. The minimum Gasteiger partial charge on any atom is -0.354 e. The molecular formula is C31H52N2O2. The van der Waals surface area contributed by atoms with Crippen molar-refractivity contribution in [3.05, 3.63) is 35.9 Å². The number of unbranched alkanes of at least 4 members (excludes halogenated alkanes) is 3. The second kappa shape index (κ2) is 16.9. The standard InChI is InChI=1S/C31H52N2O2/c1-3-5-23-31(32,24-6-4-2)30(35)33-25-28-17-12-16-27(19-20-28)21-22-29(34)18-11-10-15-26-13-8-7-9-14-26/h7-9,13-14,27-28H,3-6,10-12,15-25,32H2,1-2H3,(H,33,35). The van der Waals surface area contributed by atoms with Crippen LogP contribution in [0.15, 0.2) is 30.3 Å². The number of hydrogen-bond acceptors (Lipinski definition) is 3. The second-order valence-electron chi connectivity index (χ2n) is 11.1. The van der Waals surface area contributed by atoms with Gasteiger partial charge in [0, 0.05) is 19.4 Å². The quantitative estimate of drug-likeness (QED) is 0.182. The van der Waals surface area contributed by atoms with E-state index in [0.717, 1.165) is 90.0 Å². The van der Waals surface area contributed by atoms with Crippen LogP contribution >= 0.6 is 0 Å². The number of ketones is 1. The molecule has 198 valence electrons. The number of benzene rings is 1. The Bertz CT molecular complexity index is 710. The fourth-order valence-corrected chi connectivity index (χ4v) is 5.48. The number of carbonyl (C=O) groups is 2. The fraction of sp³-hybridized carbons (Fsp3) is 0.742. The highest BCUT2D eigenvalue weighted by molar-refractivity contribution is 5.86. The van der Waals surface area contributed by atoms with Gasteiger partial charge in [-0.05, 0) is 68.8 Å². The summed E-state index contributed by atoms with van der Waals surface area (Å²) in [5, 5.41) is 3.23. The fourth-order valence-electron chi connectivity index (χ4n) is 5.48. The van der Waals surface area contributed by atoms with Gasteiger partial charge in [0.15, 0.2) is 0 Å². The first-order chi connectivity index (χ1) is 17.0. The van der Waals surface area contributed by atoms with Crippen LogP contribution in [0, 0.1) is 11.8 Å². The van der Waals surface area contributed by atoms with E-state index in [2.05, 4.69) is 43.4 Å². The number of rotatable bonds is 17. The lowest BCUT2D eigenvalue weighted by atomic mass is 9.87. The van der Waals surface area contributed by atoms with E-state index in [9.17, 15) is 9.59 Å². The van der Waals surface area contributed by atoms with E-state index in [0.29, 0.717) is 17.6 Å². The van der Waals surface area contributed by atoms with Crippen LogP contribution in [0.1, 0.15) is 122 Å². The lowest BCUT2D eigenvalue weighted by Gasteiger charge is -2.29. The summed E-state index contributed by atoms with van der Waals surface area (Å²) in [6.07, 6.45) is 17.3. The Morgan fingerprint density at radius 2 is 1.54 bits per heavy atom.